The molecule has 2 fully saturated rings. The van der Waals surface area contributed by atoms with Gasteiger partial charge in [0.1, 0.15) is 0 Å². The van der Waals surface area contributed by atoms with Crippen molar-refractivity contribution in [1.82, 2.24) is 10.2 Å². The smallest absolute Gasteiger partial charge is 0.249 e. The largest absolute Gasteiger partial charge is 0.372 e. The van der Waals surface area contributed by atoms with Gasteiger partial charge < -0.3 is 15.0 Å². The van der Waals surface area contributed by atoms with Gasteiger partial charge in [-0.25, -0.2) is 0 Å². The molecule has 16 heavy (non-hydrogen) atoms. The van der Waals surface area contributed by atoms with Crippen molar-refractivity contribution < 1.29 is 9.53 Å². The van der Waals surface area contributed by atoms with Gasteiger partial charge in [-0.1, -0.05) is 0 Å². The monoisotopic (exact) mass is 224 g/mol. The normalized spacial score (nSPS) is 23.9. The predicted octanol–water partition coefficient (Wildman–Crippen LogP) is 0.544. The van der Waals surface area contributed by atoms with Gasteiger partial charge in [0.25, 0.3) is 0 Å². The molecular formula is C12H20N2O2. The average molecular weight is 224 g/mol. The Balaban J connectivity index is 2.04. The van der Waals surface area contributed by atoms with Gasteiger partial charge in [-0.3, -0.25) is 4.79 Å². The van der Waals surface area contributed by atoms with Gasteiger partial charge in [-0.2, -0.15) is 0 Å². The zero-order chi connectivity index (χ0) is 11.8. The van der Waals surface area contributed by atoms with E-state index in [0.717, 1.165) is 18.7 Å². The van der Waals surface area contributed by atoms with Crippen molar-refractivity contribution in [2.24, 2.45) is 0 Å². The molecule has 0 aromatic rings. The molecule has 0 bridgehead atoms. The minimum absolute atomic E-state index is 0.174. The van der Waals surface area contributed by atoms with E-state index in [9.17, 15) is 4.79 Å². The molecule has 2 aliphatic rings. The molecule has 2 heterocycles. The van der Waals surface area contributed by atoms with E-state index < -0.39 is 0 Å². The van der Waals surface area contributed by atoms with Crippen molar-refractivity contribution >= 4 is 5.91 Å². The summed E-state index contributed by atoms with van der Waals surface area (Å²) < 4.78 is 5.60. The van der Waals surface area contributed by atoms with Gasteiger partial charge >= 0.3 is 0 Å². The third kappa shape index (κ3) is 2.28. The fourth-order valence-corrected chi connectivity index (χ4v) is 2.09. The maximum Gasteiger partial charge on any atom is 0.249 e. The molecule has 0 aliphatic carbocycles. The zero-order valence-corrected chi connectivity index (χ0v) is 10.3. The summed E-state index contributed by atoms with van der Waals surface area (Å²) in [7, 11) is 0. The number of nitrogens with one attached hydrogen (secondary N) is 1. The van der Waals surface area contributed by atoms with E-state index >= 15 is 0 Å². The highest BCUT2D eigenvalue weighted by atomic mass is 16.5. The maximum absolute atomic E-state index is 12.2. The Morgan fingerprint density at radius 3 is 2.62 bits per heavy atom. The van der Waals surface area contributed by atoms with E-state index in [0.29, 0.717) is 19.7 Å². The van der Waals surface area contributed by atoms with Crippen LogP contribution in [0.5, 0.6) is 0 Å². The molecular weight excluding hydrogens is 204 g/mol. The van der Waals surface area contributed by atoms with Crippen LogP contribution in [0.25, 0.3) is 0 Å². The Morgan fingerprint density at radius 1 is 1.44 bits per heavy atom. The fraction of sp³-hybridized carbons (Fsp3) is 0.750. The quantitative estimate of drug-likeness (QED) is 0.661. The van der Waals surface area contributed by atoms with Crippen LogP contribution < -0.4 is 5.32 Å². The van der Waals surface area contributed by atoms with Crippen molar-refractivity contribution in [3.05, 3.63) is 11.1 Å². The van der Waals surface area contributed by atoms with E-state index in [4.69, 9.17) is 4.74 Å². The van der Waals surface area contributed by atoms with E-state index in [2.05, 4.69) is 5.32 Å². The van der Waals surface area contributed by atoms with Crippen molar-refractivity contribution in [2.45, 2.75) is 26.4 Å². The van der Waals surface area contributed by atoms with Crippen LogP contribution >= 0.6 is 0 Å². The van der Waals surface area contributed by atoms with Gasteiger partial charge in [0, 0.05) is 31.8 Å². The SMILES string of the molecule is CC(C(=O)N1CCOC(C)(C)C1)=C1CNC1. The number of hydrogen-bond donors (Lipinski definition) is 1. The van der Waals surface area contributed by atoms with Gasteiger partial charge in [-0.05, 0) is 26.3 Å². The molecule has 0 unspecified atom stereocenters. The Hall–Kier alpha value is -0.870. The fourth-order valence-electron chi connectivity index (χ4n) is 2.09. The number of rotatable bonds is 1. The molecule has 0 saturated carbocycles. The first-order chi connectivity index (χ1) is 7.49. The summed E-state index contributed by atoms with van der Waals surface area (Å²) in [5.74, 6) is 0.174. The number of carbonyl (C=O) groups excluding carboxylic acids is 1. The molecule has 4 nitrogen and oxygen atoms in total. The first-order valence-electron chi connectivity index (χ1n) is 5.82. The molecule has 0 aromatic carbocycles. The van der Waals surface area contributed by atoms with Crippen LogP contribution in [-0.2, 0) is 9.53 Å². The first-order valence-corrected chi connectivity index (χ1v) is 5.82. The van der Waals surface area contributed by atoms with E-state index in [1.165, 1.54) is 5.57 Å². The van der Waals surface area contributed by atoms with E-state index in [-0.39, 0.29) is 11.5 Å². The second-order valence-corrected chi connectivity index (χ2v) is 5.17. The Labute approximate surface area is 96.6 Å². The van der Waals surface area contributed by atoms with Crippen LogP contribution in [-0.4, -0.2) is 49.2 Å². The number of nitrogens with zero attached hydrogens (tertiary/aromatic N) is 1. The summed E-state index contributed by atoms with van der Waals surface area (Å²) in [6.45, 7) is 9.75. The molecule has 1 amide bonds. The van der Waals surface area contributed by atoms with Crippen molar-refractivity contribution in [3.63, 3.8) is 0 Å². The van der Waals surface area contributed by atoms with Crippen molar-refractivity contribution in [2.75, 3.05) is 32.8 Å². The summed E-state index contributed by atoms with van der Waals surface area (Å²) >= 11 is 0. The lowest BCUT2D eigenvalue weighted by Gasteiger charge is -2.38. The van der Waals surface area contributed by atoms with Crippen LogP contribution in [0.2, 0.25) is 0 Å². The molecule has 2 rings (SSSR count). The summed E-state index contributed by atoms with van der Waals surface area (Å²) in [5.41, 5.74) is 1.95. The van der Waals surface area contributed by atoms with Crippen LogP contribution in [0.4, 0.5) is 0 Å². The number of carbonyl (C=O) groups is 1. The average Bonchev–Trinajstić information content (AvgIpc) is 2.12. The number of morpholine rings is 1. The summed E-state index contributed by atoms with van der Waals surface area (Å²) in [4.78, 5) is 14.1. The van der Waals surface area contributed by atoms with Crippen LogP contribution in [0, 0.1) is 0 Å². The summed E-state index contributed by atoms with van der Waals surface area (Å²) in [6, 6.07) is 0. The molecule has 90 valence electrons. The number of amides is 1. The maximum atomic E-state index is 12.2. The molecule has 2 aliphatic heterocycles. The van der Waals surface area contributed by atoms with Gasteiger partial charge in [0.2, 0.25) is 5.91 Å². The highest BCUT2D eigenvalue weighted by Gasteiger charge is 2.31. The lowest BCUT2D eigenvalue weighted by Crippen LogP contribution is -2.51. The molecule has 0 aromatic heterocycles. The predicted molar refractivity (Wildman–Crippen MR) is 62.2 cm³/mol. The van der Waals surface area contributed by atoms with Crippen LogP contribution in [0.3, 0.4) is 0 Å². The topological polar surface area (TPSA) is 41.6 Å². The Kier molecular flexibility index (Phi) is 3.04. The molecule has 2 saturated heterocycles. The standard InChI is InChI=1S/C12H20N2O2/c1-9(10-6-13-7-10)11(15)14-4-5-16-12(2,3)8-14/h13H,4-8H2,1-3H3. The lowest BCUT2D eigenvalue weighted by atomic mass is 10.0. The molecule has 0 spiro atoms. The van der Waals surface area contributed by atoms with Crippen molar-refractivity contribution in [3.8, 4) is 0 Å². The summed E-state index contributed by atoms with van der Waals surface area (Å²) in [5, 5.41) is 3.16. The minimum atomic E-state index is -0.212. The molecule has 0 atom stereocenters. The number of hydrogen-bond acceptors (Lipinski definition) is 3. The van der Waals surface area contributed by atoms with E-state index in [1.54, 1.807) is 0 Å². The zero-order valence-electron chi connectivity index (χ0n) is 10.3. The third-order valence-electron chi connectivity index (χ3n) is 3.24. The highest BCUT2D eigenvalue weighted by molar-refractivity contribution is 5.94. The second-order valence-electron chi connectivity index (χ2n) is 5.17. The summed E-state index contributed by atoms with van der Waals surface area (Å²) in [6.07, 6.45) is 0. The second kappa shape index (κ2) is 4.18. The first kappa shape index (κ1) is 11.6. The van der Waals surface area contributed by atoms with Gasteiger partial charge in [-0.15, -0.1) is 0 Å². The van der Waals surface area contributed by atoms with Gasteiger partial charge in [0.05, 0.1) is 12.2 Å². The molecule has 1 N–H and O–H groups in total. The minimum Gasteiger partial charge on any atom is -0.372 e. The lowest BCUT2D eigenvalue weighted by molar-refractivity contribution is -0.142. The Morgan fingerprint density at radius 2 is 2.12 bits per heavy atom. The number of ether oxygens (including phenoxy) is 1. The van der Waals surface area contributed by atoms with Crippen molar-refractivity contribution in [1.29, 1.82) is 0 Å². The molecule has 0 radical (unpaired) electrons. The third-order valence-corrected chi connectivity index (χ3v) is 3.24. The highest BCUT2D eigenvalue weighted by Crippen LogP contribution is 2.19. The van der Waals surface area contributed by atoms with Crippen LogP contribution in [0.15, 0.2) is 11.1 Å². The van der Waals surface area contributed by atoms with Gasteiger partial charge in [0.15, 0.2) is 0 Å². The molecule has 4 heteroatoms. The Bertz CT molecular complexity index is 328. The van der Waals surface area contributed by atoms with E-state index in [1.807, 2.05) is 25.7 Å². The van der Waals surface area contributed by atoms with Crippen LogP contribution in [0.1, 0.15) is 20.8 Å².